The molecule has 0 radical (unpaired) electrons. The summed E-state index contributed by atoms with van der Waals surface area (Å²) in [6.07, 6.45) is -5.08. The van der Waals surface area contributed by atoms with Crippen LogP contribution in [0.5, 0.6) is 0 Å². The zero-order chi connectivity index (χ0) is 20.9. The normalized spacial score (nSPS) is 16.9. The molecule has 28 heavy (non-hydrogen) atoms. The maximum absolute atomic E-state index is 13.0. The molecule has 11 heteroatoms. The fraction of sp³-hybridized carbons (Fsp3) is 0.471. The van der Waals surface area contributed by atoms with E-state index in [0.29, 0.717) is 6.61 Å². The van der Waals surface area contributed by atoms with Crippen molar-refractivity contribution in [3.05, 3.63) is 47.0 Å². The minimum absolute atomic E-state index is 0.203. The number of halogens is 4. The maximum Gasteiger partial charge on any atom is 0.490 e. The SMILES string of the molecule is COCC1CN(Cc2ccc(F)cc2)Cc2nnn(C)c21.O=C(O)C(F)(F)F. The van der Waals surface area contributed by atoms with Crippen LogP contribution in [0.2, 0.25) is 0 Å². The highest BCUT2D eigenvalue weighted by Crippen LogP contribution is 2.27. The van der Waals surface area contributed by atoms with Crippen LogP contribution in [-0.2, 0) is 29.7 Å². The molecule has 1 unspecified atom stereocenters. The Kier molecular flexibility index (Phi) is 7.08. The molecule has 0 spiro atoms. The van der Waals surface area contributed by atoms with Crippen LogP contribution in [0.25, 0.3) is 0 Å². The van der Waals surface area contributed by atoms with E-state index in [0.717, 1.165) is 36.6 Å². The zero-order valence-corrected chi connectivity index (χ0v) is 15.3. The van der Waals surface area contributed by atoms with Gasteiger partial charge < -0.3 is 9.84 Å². The lowest BCUT2D eigenvalue weighted by atomic mass is 9.98. The van der Waals surface area contributed by atoms with Crippen molar-refractivity contribution in [2.24, 2.45) is 7.05 Å². The lowest BCUT2D eigenvalue weighted by Gasteiger charge is -2.31. The number of hydrogen-bond donors (Lipinski definition) is 1. The van der Waals surface area contributed by atoms with Gasteiger partial charge in [-0.2, -0.15) is 13.2 Å². The Bertz CT molecular complexity index is 793. The number of fused-ring (bicyclic) bond motifs is 1. The number of hydrogen-bond acceptors (Lipinski definition) is 5. The molecule has 0 saturated carbocycles. The monoisotopic (exact) mass is 404 g/mol. The fourth-order valence-corrected chi connectivity index (χ4v) is 3.00. The van der Waals surface area contributed by atoms with E-state index in [9.17, 15) is 17.6 Å². The molecule has 0 bridgehead atoms. The maximum atomic E-state index is 13.0. The van der Waals surface area contributed by atoms with Gasteiger partial charge in [0, 0.05) is 39.7 Å². The molecule has 2 aromatic rings. The van der Waals surface area contributed by atoms with Crippen LogP contribution in [0.1, 0.15) is 22.9 Å². The third kappa shape index (κ3) is 5.73. The third-order valence-electron chi connectivity index (χ3n) is 4.11. The molecule has 1 aromatic heterocycles. The van der Waals surface area contributed by atoms with Crippen molar-refractivity contribution in [1.29, 1.82) is 0 Å². The smallest absolute Gasteiger partial charge is 0.475 e. The molecule has 3 rings (SSSR count). The van der Waals surface area contributed by atoms with E-state index in [2.05, 4.69) is 15.2 Å². The highest BCUT2D eigenvalue weighted by atomic mass is 19.4. The number of rotatable bonds is 4. The van der Waals surface area contributed by atoms with Gasteiger partial charge in [0.25, 0.3) is 0 Å². The van der Waals surface area contributed by atoms with Crippen LogP contribution in [0.15, 0.2) is 24.3 Å². The summed E-state index contributed by atoms with van der Waals surface area (Å²) in [5, 5.41) is 15.5. The molecule has 0 amide bonds. The van der Waals surface area contributed by atoms with Crippen LogP contribution in [-0.4, -0.2) is 57.4 Å². The predicted octanol–water partition coefficient (Wildman–Crippen LogP) is 2.33. The molecule has 7 nitrogen and oxygen atoms in total. The van der Waals surface area contributed by atoms with Crippen LogP contribution in [0.3, 0.4) is 0 Å². The number of benzene rings is 1. The van der Waals surface area contributed by atoms with Crippen molar-refractivity contribution in [3.63, 3.8) is 0 Å². The first-order chi connectivity index (χ1) is 13.1. The lowest BCUT2D eigenvalue weighted by molar-refractivity contribution is -0.192. The standard InChI is InChI=1S/C15H19FN4O.C2HF3O2/c1-19-15-12(10-21-2)8-20(9-14(15)17-18-19)7-11-3-5-13(16)6-4-11;3-2(4,5)1(6)7/h3-6,12H,7-10H2,1-2H3;(H,6,7). The van der Waals surface area contributed by atoms with E-state index in [-0.39, 0.29) is 11.7 Å². The summed E-state index contributed by atoms with van der Waals surface area (Å²) in [5.74, 6) is -2.70. The van der Waals surface area contributed by atoms with E-state index >= 15 is 0 Å². The van der Waals surface area contributed by atoms with Crippen molar-refractivity contribution in [2.75, 3.05) is 20.3 Å². The Morgan fingerprint density at radius 2 is 1.93 bits per heavy atom. The van der Waals surface area contributed by atoms with Crippen molar-refractivity contribution >= 4 is 5.97 Å². The largest absolute Gasteiger partial charge is 0.490 e. The topological polar surface area (TPSA) is 80.5 Å². The van der Waals surface area contributed by atoms with Gasteiger partial charge >= 0.3 is 12.1 Å². The molecule has 0 aliphatic carbocycles. The average molecular weight is 404 g/mol. The minimum atomic E-state index is -5.08. The van der Waals surface area contributed by atoms with Gasteiger partial charge in [0.15, 0.2) is 0 Å². The van der Waals surface area contributed by atoms with Gasteiger partial charge in [0.05, 0.1) is 12.3 Å². The fourth-order valence-electron chi connectivity index (χ4n) is 3.00. The second-order valence-corrected chi connectivity index (χ2v) is 6.30. The van der Waals surface area contributed by atoms with E-state index in [1.165, 1.54) is 12.1 Å². The van der Waals surface area contributed by atoms with Gasteiger partial charge in [0.2, 0.25) is 0 Å². The molecule has 0 saturated heterocycles. The Balaban J connectivity index is 0.000000345. The van der Waals surface area contributed by atoms with Crippen LogP contribution < -0.4 is 0 Å². The van der Waals surface area contributed by atoms with Crippen LogP contribution in [0, 0.1) is 5.82 Å². The molecule has 1 aliphatic heterocycles. The van der Waals surface area contributed by atoms with E-state index in [1.807, 2.05) is 23.9 Å². The summed E-state index contributed by atoms with van der Waals surface area (Å²) in [7, 11) is 3.63. The second kappa shape index (κ2) is 9.11. The minimum Gasteiger partial charge on any atom is -0.475 e. The Morgan fingerprint density at radius 3 is 2.46 bits per heavy atom. The zero-order valence-electron chi connectivity index (χ0n) is 15.3. The van der Waals surface area contributed by atoms with Crippen molar-refractivity contribution in [2.45, 2.75) is 25.2 Å². The molecule has 1 atom stereocenters. The highest BCUT2D eigenvalue weighted by Gasteiger charge is 2.38. The molecule has 2 heterocycles. The van der Waals surface area contributed by atoms with E-state index < -0.39 is 12.1 Å². The molecule has 0 fully saturated rings. The number of ether oxygens (including phenoxy) is 1. The Labute approximate surface area is 158 Å². The third-order valence-corrected chi connectivity index (χ3v) is 4.11. The number of alkyl halides is 3. The van der Waals surface area contributed by atoms with Gasteiger partial charge in [-0.25, -0.2) is 9.18 Å². The van der Waals surface area contributed by atoms with Crippen LogP contribution >= 0.6 is 0 Å². The van der Waals surface area contributed by atoms with Gasteiger partial charge in [-0.3, -0.25) is 9.58 Å². The number of aryl methyl sites for hydroxylation is 1. The van der Waals surface area contributed by atoms with Gasteiger partial charge in [0.1, 0.15) is 11.5 Å². The second-order valence-electron chi connectivity index (χ2n) is 6.30. The van der Waals surface area contributed by atoms with Crippen LogP contribution in [0.4, 0.5) is 17.6 Å². The first-order valence-corrected chi connectivity index (χ1v) is 8.26. The van der Waals surface area contributed by atoms with E-state index in [4.69, 9.17) is 14.6 Å². The molecular weight excluding hydrogens is 384 g/mol. The number of methoxy groups -OCH3 is 1. The molecule has 1 N–H and O–H groups in total. The molecular formula is C17H20F4N4O3. The number of nitrogens with zero attached hydrogens (tertiary/aromatic N) is 4. The number of aliphatic carboxylic acids is 1. The van der Waals surface area contributed by atoms with E-state index in [1.54, 1.807) is 7.11 Å². The highest BCUT2D eigenvalue weighted by molar-refractivity contribution is 5.73. The number of carboxylic acids is 1. The van der Waals surface area contributed by atoms with Crippen molar-refractivity contribution in [3.8, 4) is 0 Å². The summed E-state index contributed by atoms with van der Waals surface area (Å²) in [5.41, 5.74) is 3.26. The Morgan fingerprint density at radius 1 is 1.32 bits per heavy atom. The Hall–Kier alpha value is -2.53. The molecule has 154 valence electrons. The first kappa shape index (κ1) is 21.8. The first-order valence-electron chi connectivity index (χ1n) is 8.26. The lowest BCUT2D eigenvalue weighted by Crippen LogP contribution is -2.35. The summed E-state index contributed by atoms with van der Waals surface area (Å²) >= 11 is 0. The number of carbonyl (C=O) groups is 1. The van der Waals surface area contributed by atoms with Crippen molar-refractivity contribution in [1.82, 2.24) is 19.9 Å². The summed E-state index contributed by atoms with van der Waals surface area (Å²) < 4.78 is 51.9. The summed E-state index contributed by atoms with van der Waals surface area (Å²) in [6, 6.07) is 6.65. The summed E-state index contributed by atoms with van der Waals surface area (Å²) in [4.78, 5) is 11.2. The quantitative estimate of drug-likeness (QED) is 0.788. The van der Waals surface area contributed by atoms with Gasteiger partial charge in [-0.15, -0.1) is 5.10 Å². The predicted molar refractivity (Wildman–Crippen MR) is 89.8 cm³/mol. The molecule has 1 aromatic carbocycles. The number of aromatic nitrogens is 3. The molecule has 1 aliphatic rings. The number of carboxylic acid groups (broad SMARTS) is 1. The average Bonchev–Trinajstić information content (AvgIpc) is 2.98. The van der Waals surface area contributed by atoms with Gasteiger partial charge in [-0.05, 0) is 17.7 Å². The van der Waals surface area contributed by atoms with Gasteiger partial charge in [-0.1, -0.05) is 17.3 Å². The summed E-state index contributed by atoms with van der Waals surface area (Å²) in [6.45, 7) is 3.07. The van der Waals surface area contributed by atoms with Crippen molar-refractivity contribution < 1.29 is 32.2 Å².